The van der Waals surface area contributed by atoms with Gasteiger partial charge in [0.25, 0.3) is 0 Å². The Labute approximate surface area is 133 Å². The van der Waals surface area contributed by atoms with Gasteiger partial charge in [-0.15, -0.1) is 0 Å². The van der Waals surface area contributed by atoms with Crippen molar-refractivity contribution in [1.82, 2.24) is 20.9 Å². The second-order valence-corrected chi connectivity index (χ2v) is 5.82. The number of nitrogens with zero attached hydrogens (tertiary/aromatic N) is 2. The fourth-order valence-corrected chi connectivity index (χ4v) is 2.47. The van der Waals surface area contributed by atoms with E-state index in [1.807, 2.05) is 0 Å². The van der Waals surface area contributed by atoms with Gasteiger partial charge in [-0.2, -0.15) is 0 Å². The summed E-state index contributed by atoms with van der Waals surface area (Å²) in [4.78, 5) is 18.3. The van der Waals surface area contributed by atoms with Crippen LogP contribution in [0.1, 0.15) is 26.7 Å². The predicted octanol–water partition coefficient (Wildman–Crippen LogP) is -0.213. The van der Waals surface area contributed by atoms with Crippen molar-refractivity contribution >= 4 is 11.9 Å². The summed E-state index contributed by atoms with van der Waals surface area (Å²) >= 11 is 0. The van der Waals surface area contributed by atoms with E-state index >= 15 is 0 Å². The Hall–Kier alpha value is -1.34. The highest BCUT2D eigenvalue weighted by atomic mass is 16.5. The topological polar surface area (TPSA) is 78.0 Å². The number of aliphatic imine (C=N–C) groups is 1. The number of hydrogen-bond acceptors (Lipinski definition) is 4. The first-order chi connectivity index (χ1) is 10.6. The minimum Gasteiger partial charge on any atom is -0.383 e. The molecule has 22 heavy (non-hydrogen) atoms. The molecule has 3 N–H and O–H groups in total. The average Bonchev–Trinajstić information content (AvgIpc) is 2.52. The number of amides is 1. The van der Waals surface area contributed by atoms with Gasteiger partial charge in [0.2, 0.25) is 5.91 Å². The lowest BCUT2D eigenvalue weighted by atomic mass is 10.0. The smallest absolute Gasteiger partial charge is 0.239 e. The van der Waals surface area contributed by atoms with E-state index in [9.17, 15) is 4.79 Å². The number of likely N-dealkylation sites (tertiary alicyclic amines) is 1. The third-order valence-corrected chi connectivity index (χ3v) is 3.87. The van der Waals surface area contributed by atoms with Gasteiger partial charge in [0.15, 0.2) is 5.96 Å². The Balaban J connectivity index is 2.24. The van der Waals surface area contributed by atoms with E-state index in [0.29, 0.717) is 31.2 Å². The number of hydrogen-bond donors (Lipinski definition) is 3. The molecule has 0 saturated carbocycles. The number of rotatable bonds is 7. The SMILES string of the molecule is CN=C(NCC(=O)NCCOC)NC1CCN(C(C)C)CC1. The third-order valence-electron chi connectivity index (χ3n) is 3.87. The first kappa shape index (κ1) is 18.7. The Morgan fingerprint density at radius 3 is 2.55 bits per heavy atom. The van der Waals surface area contributed by atoms with E-state index in [1.54, 1.807) is 14.2 Å². The zero-order valence-electron chi connectivity index (χ0n) is 14.3. The van der Waals surface area contributed by atoms with Gasteiger partial charge < -0.3 is 25.6 Å². The van der Waals surface area contributed by atoms with E-state index in [4.69, 9.17) is 4.74 Å². The summed E-state index contributed by atoms with van der Waals surface area (Å²) < 4.78 is 4.89. The van der Waals surface area contributed by atoms with Crippen LogP contribution < -0.4 is 16.0 Å². The zero-order valence-corrected chi connectivity index (χ0v) is 14.3. The van der Waals surface area contributed by atoms with Crippen LogP contribution in [-0.4, -0.2) is 75.8 Å². The molecule has 0 aromatic heterocycles. The van der Waals surface area contributed by atoms with Gasteiger partial charge in [0.1, 0.15) is 0 Å². The minimum atomic E-state index is -0.0605. The Kier molecular flexibility index (Phi) is 8.84. The molecular formula is C15H31N5O2. The van der Waals surface area contributed by atoms with Crippen molar-refractivity contribution in [2.24, 2.45) is 4.99 Å². The van der Waals surface area contributed by atoms with Crippen LogP contribution in [0.5, 0.6) is 0 Å². The lowest BCUT2D eigenvalue weighted by Gasteiger charge is -2.35. The molecule has 0 bridgehead atoms. The molecule has 0 aromatic carbocycles. The molecule has 0 atom stereocenters. The Bertz CT molecular complexity index is 352. The molecule has 0 spiro atoms. The highest BCUT2D eigenvalue weighted by molar-refractivity contribution is 5.86. The van der Waals surface area contributed by atoms with E-state index in [-0.39, 0.29) is 12.5 Å². The van der Waals surface area contributed by atoms with Gasteiger partial charge in [0.05, 0.1) is 13.2 Å². The van der Waals surface area contributed by atoms with E-state index in [2.05, 4.69) is 39.7 Å². The second kappa shape index (κ2) is 10.4. The van der Waals surface area contributed by atoms with Crippen molar-refractivity contribution < 1.29 is 9.53 Å². The van der Waals surface area contributed by atoms with Gasteiger partial charge in [-0.05, 0) is 26.7 Å². The molecule has 0 aliphatic carbocycles. The fourth-order valence-electron chi connectivity index (χ4n) is 2.47. The van der Waals surface area contributed by atoms with Crippen molar-refractivity contribution in [3.05, 3.63) is 0 Å². The van der Waals surface area contributed by atoms with Crippen molar-refractivity contribution in [2.75, 3.05) is 46.9 Å². The highest BCUT2D eigenvalue weighted by Gasteiger charge is 2.21. The van der Waals surface area contributed by atoms with Gasteiger partial charge >= 0.3 is 0 Å². The average molecular weight is 313 g/mol. The number of piperidine rings is 1. The minimum absolute atomic E-state index is 0.0605. The number of ether oxygens (including phenoxy) is 1. The van der Waals surface area contributed by atoms with Crippen LogP contribution in [-0.2, 0) is 9.53 Å². The molecule has 7 nitrogen and oxygen atoms in total. The highest BCUT2D eigenvalue weighted by Crippen LogP contribution is 2.12. The largest absolute Gasteiger partial charge is 0.383 e. The number of guanidine groups is 1. The van der Waals surface area contributed by atoms with Crippen LogP contribution >= 0.6 is 0 Å². The van der Waals surface area contributed by atoms with Crippen LogP contribution in [0, 0.1) is 0 Å². The molecule has 0 radical (unpaired) electrons. The molecule has 1 saturated heterocycles. The van der Waals surface area contributed by atoms with E-state index in [1.165, 1.54) is 0 Å². The van der Waals surface area contributed by atoms with Gasteiger partial charge in [-0.3, -0.25) is 9.79 Å². The van der Waals surface area contributed by atoms with Crippen molar-refractivity contribution in [3.63, 3.8) is 0 Å². The molecule has 1 aliphatic heterocycles. The predicted molar refractivity (Wildman–Crippen MR) is 89.1 cm³/mol. The second-order valence-electron chi connectivity index (χ2n) is 5.82. The maximum absolute atomic E-state index is 11.6. The number of methoxy groups -OCH3 is 1. The summed E-state index contributed by atoms with van der Waals surface area (Å²) in [5.41, 5.74) is 0. The Morgan fingerprint density at radius 2 is 2.00 bits per heavy atom. The van der Waals surface area contributed by atoms with Crippen molar-refractivity contribution in [1.29, 1.82) is 0 Å². The first-order valence-electron chi connectivity index (χ1n) is 8.03. The normalized spacial score (nSPS) is 17.6. The molecule has 0 unspecified atom stereocenters. The molecule has 7 heteroatoms. The summed E-state index contributed by atoms with van der Waals surface area (Å²) in [7, 11) is 3.34. The van der Waals surface area contributed by atoms with E-state index in [0.717, 1.165) is 25.9 Å². The fraction of sp³-hybridized carbons (Fsp3) is 0.867. The number of carbonyl (C=O) groups excluding carboxylic acids is 1. The zero-order chi connectivity index (χ0) is 16.4. The molecule has 1 aliphatic rings. The maximum Gasteiger partial charge on any atom is 0.239 e. The van der Waals surface area contributed by atoms with Crippen molar-refractivity contribution in [3.8, 4) is 0 Å². The molecule has 1 heterocycles. The molecule has 0 aromatic rings. The van der Waals surface area contributed by atoms with Gasteiger partial charge in [-0.25, -0.2) is 0 Å². The molecule has 1 amide bonds. The van der Waals surface area contributed by atoms with Crippen LogP contribution in [0.4, 0.5) is 0 Å². The summed E-state index contributed by atoms with van der Waals surface area (Å²) in [6.07, 6.45) is 2.19. The maximum atomic E-state index is 11.6. The van der Waals surface area contributed by atoms with Crippen LogP contribution in [0.25, 0.3) is 0 Å². The quantitative estimate of drug-likeness (QED) is 0.344. The Morgan fingerprint density at radius 1 is 1.32 bits per heavy atom. The summed E-state index contributed by atoms with van der Waals surface area (Å²) in [6, 6.07) is 1.02. The number of carbonyl (C=O) groups is 1. The van der Waals surface area contributed by atoms with Crippen LogP contribution in [0.3, 0.4) is 0 Å². The van der Waals surface area contributed by atoms with Gasteiger partial charge in [0, 0.05) is 45.9 Å². The van der Waals surface area contributed by atoms with E-state index < -0.39 is 0 Å². The summed E-state index contributed by atoms with van der Waals surface area (Å²) in [5.74, 6) is 0.625. The molecule has 1 fully saturated rings. The van der Waals surface area contributed by atoms with Crippen molar-refractivity contribution in [2.45, 2.75) is 38.8 Å². The van der Waals surface area contributed by atoms with Gasteiger partial charge in [-0.1, -0.05) is 0 Å². The first-order valence-corrected chi connectivity index (χ1v) is 8.03. The van der Waals surface area contributed by atoms with Crippen LogP contribution in [0.2, 0.25) is 0 Å². The van der Waals surface area contributed by atoms with Crippen LogP contribution in [0.15, 0.2) is 4.99 Å². The monoisotopic (exact) mass is 313 g/mol. The lowest BCUT2D eigenvalue weighted by molar-refractivity contribution is -0.120. The third kappa shape index (κ3) is 7.09. The summed E-state index contributed by atoms with van der Waals surface area (Å²) in [5, 5.41) is 9.21. The molecular weight excluding hydrogens is 282 g/mol. The summed E-state index contributed by atoms with van der Waals surface area (Å²) in [6.45, 7) is 7.93. The lowest BCUT2D eigenvalue weighted by Crippen LogP contribution is -2.51. The molecule has 1 rings (SSSR count). The standard InChI is InChI=1S/C15H31N5O2/c1-12(2)20-8-5-13(6-9-20)19-15(16-3)18-11-14(21)17-7-10-22-4/h12-13H,5-11H2,1-4H3,(H,17,21)(H2,16,18,19). The number of nitrogens with one attached hydrogen (secondary N) is 3. The molecule has 128 valence electrons.